The fourth-order valence-electron chi connectivity index (χ4n) is 4.49. The summed E-state index contributed by atoms with van der Waals surface area (Å²) >= 11 is 0. The van der Waals surface area contributed by atoms with E-state index in [-0.39, 0.29) is 28.7 Å². The van der Waals surface area contributed by atoms with Gasteiger partial charge < -0.3 is 11.1 Å². The average molecular weight is 430 g/mol. The monoisotopic (exact) mass is 429 g/mol. The number of benzene rings is 1. The van der Waals surface area contributed by atoms with Crippen LogP contribution in [0.2, 0.25) is 0 Å². The molecule has 1 heterocycles. The number of carbonyl (C=O) groups is 1. The fourth-order valence-corrected chi connectivity index (χ4v) is 6.22. The summed E-state index contributed by atoms with van der Waals surface area (Å²) in [6.07, 6.45) is 4.89. The minimum atomic E-state index is -3.60. The molecule has 2 atom stereocenters. The summed E-state index contributed by atoms with van der Waals surface area (Å²) in [6.45, 7) is 5.62. The van der Waals surface area contributed by atoms with Crippen molar-refractivity contribution >= 4 is 28.3 Å². The molecule has 1 amide bonds. The Morgan fingerprint density at radius 3 is 2.39 bits per heavy atom. The first-order valence-electron chi connectivity index (χ1n) is 9.88. The smallest absolute Gasteiger partial charge is 0.251 e. The number of halogens is 1. The molecule has 1 saturated heterocycles. The Morgan fingerprint density at radius 1 is 1.21 bits per heavy atom. The van der Waals surface area contributed by atoms with Crippen LogP contribution in [0.1, 0.15) is 56.3 Å². The van der Waals surface area contributed by atoms with Gasteiger partial charge in [-0.05, 0) is 49.3 Å². The van der Waals surface area contributed by atoms with Crippen LogP contribution in [0, 0.1) is 11.8 Å². The third-order valence-electron chi connectivity index (χ3n) is 5.90. The first kappa shape index (κ1) is 23.1. The van der Waals surface area contributed by atoms with Gasteiger partial charge in [-0.25, -0.2) is 8.42 Å². The standard InChI is InChI=1S/C20H31N3O3S.ClH/c1-15-10-16(2)13-23(12-15)27(25,26)18-7-5-6-17(11-18)19(24)22-20(14-21)8-3-4-9-20;/h5-7,11,15-16H,3-4,8-10,12-14,21H2,1-2H3,(H,22,24);1H. The molecule has 0 bridgehead atoms. The van der Waals surface area contributed by atoms with Gasteiger partial charge in [-0.2, -0.15) is 4.31 Å². The molecule has 3 rings (SSSR count). The third-order valence-corrected chi connectivity index (χ3v) is 7.73. The summed E-state index contributed by atoms with van der Waals surface area (Å²) in [7, 11) is -3.60. The zero-order valence-electron chi connectivity index (χ0n) is 16.7. The summed E-state index contributed by atoms with van der Waals surface area (Å²) < 4.78 is 27.7. The van der Waals surface area contributed by atoms with Crippen molar-refractivity contribution in [3.63, 3.8) is 0 Å². The van der Waals surface area contributed by atoms with Crippen molar-refractivity contribution in [2.24, 2.45) is 17.6 Å². The lowest BCUT2D eigenvalue weighted by Crippen LogP contribution is -2.51. The summed E-state index contributed by atoms with van der Waals surface area (Å²) in [5, 5.41) is 3.06. The SMILES string of the molecule is CC1CC(C)CN(S(=O)(=O)c2cccc(C(=O)NC3(CN)CCCC3)c2)C1.Cl. The van der Waals surface area contributed by atoms with Gasteiger partial charge in [0.1, 0.15) is 0 Å². The van der Waals surface area contributed by atoms with Crippen LogP contribution in [-0.4, -0.2) is 43.8 Å². The molecule has 6 nitrogen and oxygen atoms in total. The van der Waals surface area contributed by atoms with E-state index in [0.717, 1.165) is 32.1 Å². The van der Waals surface area contributed by atoms with E-state index in [1.807, 2.05) is 0 Å². The topological polar surface area (TPSA) is 92.5 Å². The van der Waals surface area contributed by atoms with Crippen molar-refractivity contribution in [1.82, 2.24) is 9.62 Å². The van der Waals surface area contributed by atoms with E-state index in [2.05, 4.69) is 19.2 Å². The molecule has 28 heavy (non-hydrogen) atoms. The van der Waals surface area contributed by atoms with E-state index in [1.165, 1.54) is 6.07 Å². The van der Waals surface area contributed by atoms with E-state index in [9.17, 15) is 13.2 Å². The van der Waals surface area contributed by atoms with Gasteiger partial charge in [0.25, 0.3) is 5.91 Å². The van der Waals surface area contributed by atoms with Crippen molar-refractivity contribution in [1.29, 1.82) is 0 Å². The largest absolute Gasteiger partial charge is 0.345 e. The van der Waals surface area contributed by atoms with E-state index >= 15 is 0 Å². The first-order valence-corrected chi connectivity index (χ1v) is 11.3. The number of nitrogens with two attached hydrogens (primary N) is 1. The normalized spacial score (nSPS) is 25.1. The second-order valence-corrected chi connectivity index (χ2v) is 10.4. The number of amides is 1. The first-order chi connectivity index (χ1) is 12.8. The number of hydrogen-bond donors (Lipinski definition) is 2. The van der Waals surface area contributed by atoms with Crippen LogP contribution in [0.15, 0.2) is 29.2 Å². The summed E-state index contributed by atoms with van der Waals surface area (Å²) in [5.41, 5.74) is 5.91. The highest BCUT2D eigenvalue weighted by atomic mass is 35.5. The maximum absolute atomic E-state index is 13.1. The predicted octanol–water partition coefficient (Wildman–Crippen LogP) is 2.78. The molecule has 8 heteroatoms. The van der Waals surface area contributed by atoms with E-state index in [0.29, 0.717) is 37.0 Å². The minimum absolute atomic E-state index is 0. The molecule has 0 radical (unpaired) electrons. The molecule has 1 aromatic carbocycles. The maximum atomic E-state index is 13.1. The molecule has 0 spiro atoms. The van der Waals surface area contributed by atoms with E-state index in [4.69, 9.17) is 5.73 Å². The number of nitrogens with one attached hydrogen (secondary N) is 1. The van der Waals surface area contributed by atoms with Crippen molar-refractivity contribution in [2.45, 2.75) is 56.4 Å². The summed E-state index contributed by atoms with van der Waals surface area (Å²) in [6, 6.07) is 6.37. The molecule has 1 saturated carbocycles. The van der Waals surface area contributed by atoms with Crippen molar-refractivity contribution in [3.05, 3.63) is 29.8 Å². The summed E-state index contributed by atoms with van der Waals surface area (Å²) in [4.78, 5) is 12.9. The third kappa shape index (κ3) is 4.87. The van der Waals surface area contributed by atoms with Gasteiger partial charge in [-0.3, -0.25) is 4.79 Å². The highest BCUT2D eigenvalue weighted by molar-refractivity contribution is 7.89. The lowest BCUT2D eigenvalue weighted by atomic mass is 9.94. The molecule has 1 aliphatic carbocycles. The highest BCUT2D eigenvalue weighted by Crippen LogP contribution is 2.30. The van der Waals surface area contributed by atoms with Gasteiger partial charge in [0, 0.05) is 25.2 Å². The Morgan fingerprint density at radius 2 is 1.82 bits per heavy atom. The lowest BCUT2D eigenvalue weighted by Gasteiger charge is -2.34. The molecule has 2 fully saturated rings. The highest BCUT2D eigenvalue weighted by Gasteiger charge is 2.35. The average Bonchev–Trinajstić information content (AvgIpc) is 3.10. The molecular weight excluding hydrogens is 398 g/mol. The van der Waals surface area contributed by atoms with Crippen molar-refractivity contribution in [3.8, 4) is 0 Å². The van der Waals surface area contributed by atoms with Gasteiger partial charge in [0.05, 0.1) is 10.4 Å². The Labute approximate surface area is 174 Å². The lowest BCUT2D eigenvalue weighted by molar-refractivity contribution is 0.0903. The molecule has 1 aliphatic heterocycles. The number of hydrogen-bond acceptors (Lipinski definition) is 4. The molecule has 1 aromatic rings. The Balaban J connectivity index is 0.00000280. The van der Waals surface area contributed by atoms with Crippen LogP contribution in [0.4, 0.5) is 0 Å². The van der Waals surface area contributed by atoms with Crippen molar-refractivity contribution in [2.75, 3.05) is 19.6 Å². The molecule has 2 aliphatic rings. The van der Waals surface area contributed by atoms with Crippen LogP contribution in [0.25, 0.3) is 0 Å². The number of piperidine rings is 1. The second kappa shape index (κ2) is 9.11. The molecule has 3 N–H and O–H groups in total. The Bertz CT molecular complexity index is 784. The van der Waals surface area contributed by atoms with Gasteiger partial charge in [-0.1, -0.05) is 32.8 Å². The van der Waals surface area contributed by atoms with Crippen LogP contribution >= 0.6 is 12.4 Å². The summed E-state index contributed by atoms with van der Waals surface area (Å²) in [5.74, 6) is 0.420. The van der Waals surface area contributed by atoms with Crippen LogP contribution in [0.5, 0.6) is 0 Å². The Kier molecular flexibility index (Phi) is 7.53. The zero-order chi connectivity index (χ0) is 19.7. The quantitative estimate of drug-likeness (QED) is 0.752. The predicted molar refractivity (Wildman–Crippen MR) is 113 cm³/mol. The van der Waals surface area contributed by atoms with Gasteiger partial charge in [-0.15, -0.1) is 12.4 Å². The van der Waals surface area contributed by atoms with E-state index in [1.54, 1.807) is 22.5 Å². The molecular formula is C20H32ClN3O3S. The van der Waals surface area contributed by atoms with E-state index < -0.39 is 10.0 Å². The molecule has 2 unspecified atom stereocenters. The van der Waals surface area contributed by atoms with Gasteiger partial charge >= 0.3 is 0 Å². The zero-order valence-corrected chi connectivity index (χ0v) is 18.3. The fraction of sp³-hybridized carbons (Fsp3) is 0.650. The second-order valence-electron chi connectivity index (χ2n) is 8.44. The van der Waals surface area contributed by atoms with Gasteiger partial charge in [0.2, 0.25) is 10.0 Å². The van der Waals surface area contributed by atoms with Gasteiger partial charge in [0.15, 0.2) is 0 Å². The van der Waals surface area contributed by atoms with Crippen LogP contribution in [0.3, 0.4) is 0 Å². The molecule has 0 aromatic heterocycles. The number of carbonyl (C=O) groups excluding carboxylic acids is 1. The number of sulfonamides is 1. The number of nitrogens with zero attached hydrogens (tertiary/aromatic N) is 1. The maximum Gasteiger partial charge on any atom is 0.251 e. The van der Waals surface area contributed by atoms with Crippen molar-refractivity contribution < 1.29 is 13.2 Å². The number of rotatable bonds is 5. The van der Waals surface area contributed by atoms with Crippen LogP contribution < -0.4 is 11.1 Å². The Hall–Kier alpha value is -1.15. The van der Waals surface area contributed by atoms with Crippen LogP contribution in [-0.2, 0) is 10.0 Å². The minimum Gasteiger partial charge on any atom is -0.345 e. The molecule has 158 valence electrons.